The van der Waals surface area contributed by atoms with Crippen molar-refractivity contribution < 1.29 is 0 Å². The van der Waals surface area contributed by atoms with Crippen LogP contribution in [0.15, 0.2) is 78.9 Å². The summed E-state index contributed by atoms with van der Waals surface area (Å²) >= 11 is 0. The first kappa shape index (κ1) is 15.0. The third-order valence-corrected chi connectivity index (χ3v) is 6.40. The molecule has 0 bridgehead atoms. The van der Waals surface area contributed by atoms with E-state index in [0.717, 1.165) is 6.16 Å². The van der Waals surface area contributed by atoms with Crippen molar-refractivity contribution in [2.45, 2.75) is 20.0 Å². The molecule has 0 amide bonds. The van der Waals surface area contributed by atoms with E-state index in [0.29, 0.717) is 0 Å². The van der Waals surface area contributed by atoms with E-state index in [2.05, 4.69) is 92.7 Å². The predicted octanol–water partition coefficient (Wildman–Crippen LogP) is 4.94. The first-order valence-electron chi connectivity index (χ1n) is 7.67. The van der Waals surface area contributed by atoms with E-state index in [1.807, 2.05) is 0 Å². The summed E-state index contributed by atoms with van der Waals surface area (Å²) in [6.45, 7) is 4.30. The highest BCUT2D eigenvalue weighted by Crippen LogP contribution is 2.37. The topological polar surface area (TPSA) is 0 Å². The Morgan fingerprint density at radius 1 is 0.591 bits per heavy atom. The first-order valence-corrected chi connectivity index (χ1v) is 9.20. The maximum Gasteiger partial charge on any atom is 0.000743 e. The Kier molecular flexibility index (Phi) is 4.71. The molecule has 0 nitrogen and oxygen atoms in total. The fourth-order valence-corrected chi connectivity index (χ4v) is 4.80. The van der Waals surface area contributed by atoms with Gasteiger partial charge in [-0.25, -0.2) is 0 Å². The molecule has 0 saturated carbocycles. The van der Waals surface area contributed by atoms with Crippen LogP contribution in [0.5, 0.6) is 0 Å². The molecule has 110 valence electrons. The second-order valence-electron chi connectivity index (χ2n) is 5.74. The lowest BCUT2D eigenvalue weighted by atomic mass is 10.2. The summed E-state index contributed by atoms with van der Waals surface area (Å²) in [5, 5.41) is 2.90. The molecule has 22 heavy (non-hydrogen) atoms. The van der Waals surface area contributed by atoms with Crippen LogP contribution in [0.2, 0.25) is 0 Å². The molecule has 0 aromatic heterocycles. The third kappa shape index (κ3) is 3.64. The predicted molar refractivity (Wildman–Crippen MR) is 98.7 cm³/mol. The second-order valence-corrected chi connectivity index (χ2v) is 7.95. The van der Waals surface area contributed by atoms with Gasteiger partial charge in [0.25, 0.3) is 0 Å². The van der Waals surface area contributed by atoms with Crippen molar-refractivity contribution in [3.8, 4) is 0 Å². The van der Waals surface area contributed by atoms with Crippen LogP contribution in [0.1, 0.15) is 16.7 Å². The van der Waals surface area contributed by atoms with Gasteiger partial charge in [-0.1, -0.05) is 90.0 Å². The van der Waals surface area contributed by atoms with Crippen LogP contribution in [-0.4, -0.2) is 0 Å². The van der Waals surface area contributed by atoms with E-state index in [9.17, 15) is 0 Å². The molecule has 3 rings (SSSR count). The Morgan fingerprint density at radius 3 is 1.50 bits per heavy atom. The summed E-state index contributed by atoms with van der Waals surface area (Å²) in [4.78, 5) is 0. The molecule has 0 atom stereocenters. The zero-order chi connectivity index (χ0) is 15.4. The molecule has 0 aliphatic heterocycles. The summed E-state index contributed by atoms with van der Waals surface area (Å²) in [5.74, 6) is 0. The van der Waals surface area contributed by atoms with Crippen molar-refractivity contribution in [1.82, 2.24) is 0 Å². The number of hydrogen-bond acceptors (Lipinski definition) is 0. The number of rotatable bonds is 4. The highest BCUT2D eigenvalue weighted by molar-refractivity contribution is 7.72. The van der Waals surface area contributed by atoms with Gasteiger partial charge in [-0.15, -0.1) is 0 Å². The van der Waals surface area contributed by atoms with E-state index in [4.69, 9.17) is 0 Å². The van der Waals surface area contributed by atoms with E-state index in [1.54, 1.807) is 0 Å². The van der Waals surface area contributed by atoms with Crippen molar-refractivity contribution in [3.05, 3.63) is 95.6 Å². The lowest BCUT2D eigenvalue weighted by Gasteiger charge is -2.19. The smallest absolute Gasteiger partial charge is 0.000743 e. The lowest BCUT2D eigenvalue weighted by Crippen LogP contribution is -2.13. The number of benzene rings is 3. The molecular formula is C21H21P. The van der Waals surface area contributed by atoms with Gasteiger partial charge in [0, 0.05) is 6.16 Å². The van der Waals surface area contributed by atoms with Crippen LogP contribution in [0.25, 0.3) is 0 Å². The van der Waals surface area contributed by atoms with Gasteiger partial charge >= 0.3 is 0 Å². The second kappa shape index (κ2) is 6.90. The molecule has 0 aliphatic carbocycles. The van der Waals surface area contributed by atoms with Crippen molar-refractivity contribution in [1.29, 1.82) is 0 Å². The molecule has 0 unspecified atom stereocenters. The Labute approximate surface area is 134 Å². The zero-order valence-corrected chi connectivity index (χ0v) is 14.1. The van der Waals surface area contributed by atoms with Crippen LogP contribution in [-0.2, 0) is 6.16 Å². The fourth-order valence-electron chi connectivity index (χ4n) is 2.55. The minimum absolute atomic E-state index is 0.352. The van der Waals surface area contributed by atoms with E-state index >= 15 is 0 Å². The Hall–Kier alpha value is -1.91. The summed E-state index contributed by atoms with van der Waals surface area (Å²) in [6.07, 6.45) is 1.10. The molecule has 3 aromatic carbocycles. The van der Waals surface area contributed by atoms with Crippen molar-refractivity contribution in [2.75, 3.05) is 0 Å². The van der Waals surface area contributed by atoms with Crippen molar-refractivity contribution in [2.24, 2.45) is 0 Å². The molecule has 0 heterocycles. The molecule has 0 saturated heterocycles. The normalized spacial score (nSPS) is 10.9. The van der Waals surface area contributed by atoms with E-state index in [-0.39, 0.29) is 7.92 Å². The van der Waals surface area contributed by atoms with Crippen molar-refractivity contribution in [3.63, 3.8) is 0 Å². The molecule has 3 aromatic rings. The molecule has 0 spiro atoms. The maximum absolute atomic E-state index is 2.30. The Balaban J connectivity index is 1.97. The van der Waals surface area contributed by atoms with Gasteiger partial charge in [-0.2, -0.15) is 0 Å². The Bertz CT molecular complexity index is 667. The SMILES string of the molecule is Cc1ccc(P(Cc2ccccc2)c2ccc(C)cc2)cc1. The van der Waals surface area contributed by atoms with Gasteiger partial charge in [0.05, 0.1) is 0 Å². The van der Waals surface area contributed by atoms with Gasteiger partial charge < -0.3 is 0 Å². The minimum Gasteiger partial charge on any atom is -0.0622 e. The van der Waals surface area contributed by atoms with Crippen molar-refractivity contribution >= 4 is 18.5 Å². The molecule has 0 N–H and O–H groups in total. The Morgan fingerprint density at radius 2 is 1.05 bits per heavy atom. The summed E-state index contributed by atoms with van der Waals surface area (Å²) < 4.78 is 0. The van der Waals surface area contributed by atoms with Crippen LogP contribution in [0, 0.1) is 13.8 Å². The van der Waals surface area contributed by atoms with Gasteiger partial charge in [0.2, 0.25) is 0 Å². The molecule has 1 heteroatoms. The van der Waals surface area contributed by atoms with Crippen LogP contribution in [0.3, 0.4) is 0 Å². The van der Waals surface area contributed by atoms with Crippen LogP contribution < -0.4 is 10.6 Å². The number of aryl methyl sites for hydroxylation is 2. The van der Waals surface area contributed by atoms with E-state index in [1.165, 1.54) is 27.3 Å². The minimum atomic E-state index is -0.352. The monoisotopic (exact) mass is 304 g/mol. The van der Waals surface area contributed by atoms with Gasteiger partial charge in [-0.3, -0.25) is 0 Å². The standard InChI is InChI=1S/C21H21P/c1-17-8-12-20(13-9-17)22(16-19-6-4-3-5-7-19)21-14-10-18(2)11-15-21/h3-15H,16H2,1-2H3. The highest BCUT2D eigenvalue weighted by atomic mass is 31.1. The van der Waals surface area contributed by atoms with Crippen LogP contribution in [0.4, 0.5) is 0 Å². The fraction of sp³-hybridized carbons (Fsp3) is 0.143. The number of hydrogen-bond donors (Lipinski definition) is 0. The van der Waals surface area contributed by atoms with Gasteiger partial charge in [0.1, 0.15) is 0 Å². The summed E-state index contributed by atoms with van der Waals surface area (Å²) in [6, 6.07) is 28.9. The van der Waals surface area contributed by atoms with Gasteiger partial charge in [0.15, 0.2) is 0 Å². The summed E-state index contributed by atoms with van der Waals surface area (Å²) in [7, 11) is -0.352. The first-order chi connectivity index (χ1) is 10.7. The van der Waals surface area contributed by atoms with Gasteiger partial charge in [-0.05, 0) is 37.9 Å². The lowest BCUT2D eigenvalue weighted by molar-refractivity contribution is 1.40. The highest BCUT2D eigenvalue weighted by Gasteiger charge is 2.14. The largest absolute Gasteiger partial charge is 0.0622 e. The maximum atomic E-state index is 2.30. The van der Waals surface area contributed by atoms with E-state index < -0.39 is 0 Å². The third-order valence-electron chi connectivity index (χ3n) is 3.87. The zero-order valence-electron chi connectivity index (χ0n) is 13.2. The molecule has 0 radical (unpaired) electrons. The summed E-state index contributed by atoms with van der Waals surface area (Å²) in [5.41, 5.74) is 4.05. The van der Waals surface area contributed by atoms with Crippen LogP contribution >= 0.6 is 7.92 Å². The molecule has 0 fully saturated rings. The average Bonchev–Trinajstić information content (AvgIpc) is 2.56. The average molecular weight is 304 g/mol. The molecular weight excluding hydrogens is 283 g/mol. The quantitative estimate of drug-likeness (QED) is 0.599. The molecule has 0 aliphatic rings.